The van der Waals surface area contributed by atoms with Gasteiger partial charge in [0.1, 0.15) is 5.41 Å². The van der Waals surface area contributed by atoms with Crippen LogP contribution in [0.15, 0.2) is 5.16 Å². The van der Waals surface area contributed by atoms with Crippen LogP contribution in [0.1, 0.15) is 44.9 Å². The molecule has 5 nitrogen and oxygen atoms in total. The molecule has 0 saturated heterocycles. The number of hydrogen-bond acceptors (Lipinski definition) is 3. The number of amidine groups is 1. The van der Waals surface area contributed by atoms with Gasteiger partial charge in [0, 0.05) is 6.54 Å². The Morgan fingerprint density at radius 1 is 1.47 bits per heavy atom. The maximum Gasteiger partial charge on any atom is 0.233 e. The van der Waals surface area contributed by atoms with Crippen LogP contribution in [0.4, 0.5) is 0 Å². The Bertz CT molecular complexity index is 320. The maximum absolute atomic E-state index is 12.0. The Labute approximate surface area is 101 Å². The molecule has 5 heteroatoms. The fourth-order valence-corrected chi connectivity index (χ4v) is 2.39. The molecule has 0 aromatic heterocycles. The molecule has 0 radical (unpaired) electrons. The van der Waals surface area contributed by atoms with Gasteiger partial charge in [-0.25, -0.2) is 0 Å². The highest BCUT2D eigenvalue weighted by Gasteiger charge is 2.48. The topological polar surface area (TPSA) is 87.7 Å². The lowest BCUT2D eigenvalue weighted by atomic mass is 9.67. The Morgan fingerprint density at radius 2 is 2.18 bits per heavy atom. The van der Waals surface area contributed by atoms with Crippen LogP contribution in [0.25, 0.3) is 0 Å². The van der Waals surface area contributed by atoms with Gasteiger partial charge in [-0.1, -0.05) is 24.4 Å². The van der Waals surface area contributed by atoms with E-state index in [4.69, 9.17) is 10.9 Å². The molecule has 0 aromatic carbocycles. The summed E-state index contributed by atoms with van der Waals surface area (Å²) in [5.74, 6) is 0.881. The number of nitrogens with zero attached hydrogens (tertiary/aromatic N) is 1. The zero-order chi connectivity index (χ0) is 12.3. The molecule has 0 spiro atoms. The number of hydrogen-bond donors (Lipinski definition) is 3. The Kier molecular flexibility index (Phi) is 3.54. The number of carbonyl (C=O) groups excluding carboxylic acids is 1. The molecule has 2 saturated carbocycles. The Hall–Kier alpha value is -1.26. The molecule has 0 aromatic rings. The van der Waals surface area contributed by atoms with E-state index < -0.39 is 5.41 Å². The predicted molar refractivity (Wildman–Crippen MR) is 64.7 cm³/mol. The molecule has 2 fully saturated rings. The molecular weight excluding hydrogens is 218 g/mol. The van der Waals surface area contributed by atoms with E-state index in [-0.39, 0.29) is 11.7 Å². The van der Waals surface area contributed by atoms with Gasteiger partial charge in [-0.05, 0) is 31.6 Å². The van der Waals surface area contributed by atoms with Crippen molar-refractivity contribution < 1.29 is 10.0 Å². The molecular formula is C12H21N3O2. The zero-order valence-electron chi connectivity index (χ0n) is 10.1. The summed E-state index contributed by atoms with van der Waals surface area (Å²) in [6.07, 6.45) is 7.28. The van der Waals surface area contributed by atoms with Crippen LogP contribution < -0.4 is 11.1 Å². The largest absolute Gasteiger partial charge is 0.409 e. The quantitative estimate of drug-likeness (QED) is 0.214. The summed E-state index contributed by atoms with van der Waals surface area (Å²) in [5.41, 5.74) is 4.89. The van der Waals surface area contributed by atoms with Gasteiger partial charge in [0.15, 0.2) is 5.84 Å². The third-order valence-electron chi connectivity index (χ3n) is 4.01. The highest BCUT2D eigenvalue weighted by Crippen LogP contribution is 2.41. The second kappa shape index (κ2) is 4.94. The normalized spacial score (nSPS) is 22.9. The molecule has 96 valence electrons. The van der Waals surface area contributed by atoms with Crippen molar-refractivity contribution in [2.24, 2.45) is 22.2 Å². The molecule has 0 bridgehead atoms. The molecule has 17 heavy (non-hydrogen) atoms. The second-order valence-electron chi connectivity index (χ2n) is 5.26. The lowest BCUT2D eigenvalue weighted by Gasteiger charge is -2.38. The summed E-state index contributed by atoms with van der Waals surface area (Å²) < 4.78 is 0. The van der Waals surface area contributed by atoms with E-state index in [1.807, 2.05) is 0 Å². The van der Waals surface area contributed by atoms with E-state index >= 15 is 0 Å². The van der Waals surface area contributed by atoms with Gasteiger partial charge in [-0.3, -0.25) is 4.79 Å². The van der Waals surface area contributed by atoms with Crippen LogP contribution in [0.3, 0.4) is 0 Å². The summed E-state index contributed by atoms with van der Waals surface area (Å²) >= 11 is 0. The van der Waals surface area contributed by atoms with Gasteiger partial charge < -0.3 is 16.3 Å². The van der Waals surface area contributed by atoms with Crippen molar-refractivity contribution in [1.82, 2.24) is 5.32 Å². The first-order chi connectivity index (χ1) is 8.19. The third kappa shape index (κ3) is 2.53. The predicted octanol–water partition coefficient (Wildman–Crippen LogP) is 1.21. The zero-order valence-corrected chi connectivity index (χ0v) is 10.1. The monoisotopic (exact) mass is 239 g/mol. The molecule has 0 atom stereocenters. The first-order valence-corrected chi connectivity index (χ1v) is 6.45. The molecule has 0 aliphatic heterocycles. The van der Waals surface area contributed by atoms with E-state index in [1.54, 1.807) is 0 Å². The van der Waals surface area contributed by atoms with Crippen LogP contribution in [-0.4, -0.2) is 23.5 Å². The minimum atomic E-state index is -0.728. The van der Waals surface area contributed by atoms with Crippen LogP contribution in [-0.2, 0) is 4.79 Å². The first-order valence-electron chi connectivity index (χ1n) is 6.45. The Morgan fingerprint density at radius 3 is 2.65 bits per heavy atom. The molecule has 2 aliphatic rings. The van der Waals surface area contributed by atoms with Crippen molar-refractivity contribution in [3.63, 3.8) is 0 Å². The Balaban J connectivity index is 1.76. The highest BCUT2D eigenvalue weighted by atomic mass is 16.4. The number of oxime groups is 1. The van der Waals surface area contributed by atoms with E-state index in [2.05, 4.69) is 10.5 Å². The molecule has 0 unspecified atom stereocenters. The van der Waals surface area contributed by atoms with Crippen molar-refractivity contribution in [3.8, 4) is 0 Å². The molecule has 4 N–H and O–H groups in total. The van der Waals surface area contributed by atoms with E-state index in [0.29, 0.717) is 19.4 Å². The summed E-state index contributed by atoms with van der Waals surface area (Å²) in [4.78, 5) is 12.0. The average molecular weight is 239 g/mol. The SMILES string of the molecule is NC(=NO)C1(C(=O)NCCCC2CC2)CCC1. The van der Waals surface area contributed by atoms with Crippen LogP contribution in [0.5, 0.6) is 0 Å². The molecule has 1 amide bonds. The van der Waals surface area contributed by atoms with Crippen LogP contribution in [0.2, 0.25) is 0 Å². The van der Waals surface area contributed by atoms with Crippen LogP contribution >= 0.6 is 0 Å². The van der Waals surface area contributed by atoms with Crippen molar-refractivity contribution >= 4 is 11.7 Å². The summed E-state index contributed by atoms with van der Waals surface area (Å²) in [6.45, 7) is 0.704. The van der Waals surface area contributed by atoms with Crippen molar-refractivity contribution in [3.05, 3.63) is 0 Å². The van der Waals surface area contributed by atoms with Crippen molar-refractivity contribution in [1.29, 1.82) is 0 Å². The van der Waals surface area contributed by atoms with E-state index in [0.717, 1.165) is 18.8 Å². The number of nitrogens with two attached hydrogens (primary N) is 1. The number of nitrogens with one attached hydrogen (secondary N) is 1. The third-order valence-corrected chi connectivity index (χ3v) is 4.01. The van der Waals surface area contributed by atoms with Gasteiger partial charge in [-0.2, -0.15) is 0 Å². The highest BCUT2D eigenvalue weighted by molar-refractivity contribution is 6.07. The van der Waals surface area contributed by atoms with Crippen molar-refractivity contribution in [2.45, 2.75) is 44.9 Å². The summed E-state index contributed by atoms with van der Waals surface area (Å²) in [7, 11) is 0. The van der Waals surface area contributed by atoms with Crippen molar-refractivity contribution in [2.75, 3.05) is 6.54 Å². The molecule has 2 rings (SSSR count). The smallest absolute Gasteiger partial charge is 0.233 e. The fourth-order valence-electron chi connectivity index (χ4n) is 2.39. The standard InChI is InChI=1S/C12H21N3O2/c13-10(15-17)12(6-2-7-12)11(16)14-8-1-3-9-4-5-9/h9,17H,1-8H2,(H2,13,15)(H,14,16). The van der Waals surface area contributed by atoms with Gasteiger partial charge in [0.25, 0.3) is 0 Å². The molecule has 2 aliphatic carbocycles. The van der Waals surface area contributed by atoms with Crippen LogP contribution in [0, 0.1) is 11.3 Å². The minimum Gasteiger partial charge on any atom is -0.409 e. The number of rotatable bonds is 6. The number of carbonyl (C=O) groups is 1. The summed E-state index contributed by atoms with van der Waals surface area (Å²) in [6, 6.07) is 0. The fraction of sp³-hybridized carbons (Fsp3) is 0.833. The van der Waals surface area contributed by atoms with Gasteiger partial charge in [-0.15, -0.1) is 0 Å². The second-order valence-corrected chi connectivity index (χ2v) is 5.26. The minimum absolute atomic E-state index is 0.0587. The van der Waals surface area contributed by atoms with E-state index in [9.17, 15) is 4.79 Å². The van der Waals surface area contributed by atoms with Gasteiger partial charge in [0.2, 0.25) is 5.91 Å². The lowest BCUT2D eigenvalue weighted by molar-refractivity contribution is -0.131. The molecule has 0 heterocycles. The van der Waals surface area contributed by atoms with Gasteiger partial charge in [0.05, 0.1) is 0 Å². The average Bonchev–Trinajstić information content (AvgIpc) is 3.06. The number of amides is 1. The van der Waals surface area contributed by atoms with E-state index in [1.165, 1.54) is 19.3 Å². The maximum atomic E-state index is 12.0. The summed E-state index contributed by atoms with van der Waals surface area (Å²) in [5, 5.41) is 14.6. The lowest BCUT2D eigenvalue weighted by Crippen LogP contribution is -2.54. The van der Waals surface area contributed by atoms with Gasteiger partial charge >= 0.3 is 0 Å². The first kappa shape index (κ1) is 12.2.